The third-order valence-electron chi connectivity index (χ3n) is 4.04. The molecule has 0 unspecified atom stereocenters. The van der Waals surface area contributed by atoms with E-state index in [9.17, 15) is 18.0 Å². The first-order valence-electron chi connectivity index (χ1n) is 9.16. The van der Waals surface area contributed by atoms with Crippen LogP contribution in [-0.4, -0.2) is 47.2 Å². The van der Waals surface area contributed by atoms with E-state index in [1.165, 1.54) is 56.0 Å². The van der Waals surface area contributed by atoms with Crippen molar-refractivity contribution >= 4 is 6.03 Å². The lowest BCUT2D eigenvalue weighted by Gasteiger charge is -2.12. The van der Waals surface area contributed by atoms with E-state index in [-0.39, 0.29) is 30.4 Å². The fourth-order valence-electron chi connectivity index (χ4n) is 2.56. The number of rotatable bonds is 7. The van der Waals surface area contributed by atoms with Gasteiger partial charge in [0.1, 0.15) is 17.8 Å². The van der Waals surface area contributed by atoms with Crippen LogP contribution in [0.15, 0.2) is 55.0 Å². The Hall–Kier alpha value is -4.09. The van der Waals surface area contributed by atoms with Crippen molar-refractivity contribution in [2.45, 2.75) is 6.36 Å². The van der Waals surface area contributed by atoms with Crippen LogP contribution in [-0.2, 0) is 0 Å². The molecule has 2 N–H and O–H groups in total. The van der Waals surface area contributed by atoms with Crippen molar-refractivity contribution in [3.8, 4) is 28.6 Å². The molecule has 0 aliphatic carbocycles. The normalized spacial score (nSPS) is 11.0. The smallest absolute Gasteiger partial charge is 0.494 e. The molecule has 0 saturated carbocycles. The number of hydrogen-bond donors (Lipinski definition) is 2. The lowest BCUT2D eigenvalue weighted by Crippen LogP contribution is -2.37. The van der Waals surface area contributed by atoms with Crippen LogP contribution < -0.4 is 25.0 Å². The number of benzene rings is 1. The van der Waals surface area contributed by atoms with Gasteiger partial charge in [-0.2, -0.15) is 9.97 Å². The number of nitrogens with one attached hydrogen (secondary N) is 2. The van der Waals surface area contributed by atoms with Gasteiger partial charge < -0.3 is 19.5 Å². The Kier molecular flexibility index (Phi) is 6.93. The highest BCUT2D eigenvalue weighted by Crippen LogP contribution is 2.26. The van der Waals surface area contributed by atoms with Gasteiger partial charge in [0, 0.05) is 6.20 Å². The minimum absolute atomic E-state index is 0.0809. The van der Waals surface area contributed by atoms with E-state index in [2.05, 4.69) is 20.0 Å². The monoisotopic (exact) mass is 449 g/mol. The summed E-state index contributed by atoms with van der Waals surface area (Å²) in [5.74, 6) is 0.122. The van der Waals surface area contributed by atoms with Gasteiger partial charge in [-0.15, -0.1) is 13.2 Å². The predicted octanol–water partition coefficient (Wildman–Crippen LogP) is 2.97. The van der Waals surface area contributed by atoms with Crippen molar-refractivity contribution in [3.63, 3.8) is 0 Å². The first-order valence-corrected chi connectivity index (χ1v) is 9.16. The van der Waals surface area contributed by atoms with Crippen LogP contribution in [0.1, 0.15) is 0 Å². The van der Waals surface area contributed by atoms with E-state index >= 15 is 0 Å². The van der Waals surface area contributed by atoms with Crippen molar-refractivity contribution in [2.75, 3.05) is 20.3 Å². The van der Waals surface area contributed by atoms with Crippen molar-refractivity contribution in [3.05, 3.63) is 60.5 Å². The third kappa shape index (κ3) is 6.20. The van der Waals surface area contributed by atoms with E-state index in [4.69, 9.17) is 14.9 Å². The van der Waals surface area contributed by atoms with Crippen LogP contribution in [0.3, 0.4) is 0 Å². The third-order valence-corrected chi connectivity index (χ3v) is 4.04. The van der Waals surface area contributed by atoms with Gasteiger partial charge in [-0.3, -0.25) is 9.98 Å². The number of methoxy groups -OCH3 is 1. The molecule has 32 heavy (non-hydrogen) atoms. The Morgan fingerprint density at radius 1 is 1.06 bits per heavy atom. The molecule has 3 rings (SSSR count). The van der Waals surface area contributed by atoms with Gasteiger partial charge in [0.2, 0.25) is 0 Å². The molecule has 1 amide bonds. The molecule has 9 nitrogen and oxygen atoms in total. The topological polar surface area (TPSA) is 111 Å². The standard InChI is InChI=1S/C20H18F3N5O4/c1-30-16-10-26-18(27-11-16)31-9-8-25-19(29)28-12-14(4-7-17(28)24)13-2-5-15(6-3-13)32-20(21,22)23/h2-7,10-12,24H,8-9H2,1H3,(H,25,29). The van der Waals surface area contributed by atoms with Gasteiger partial charge in [-0.25, -0.2) is 4.79 Å². The Labute approximate surface area is 179 Å². The maximum atomic E-state index is 12.4. The fourth-order valence-corrected chi connectivity index (χ4v) is 2.56. The number of carbonyl (C=O) groups is 1. The largest absolute Gasteiger partial charge is 0.573 e. The summed E-state index contributed by atoms with van der Waals surface area (Å²) < 4.78 is 52.1. The second kappa shape index (κ2) is 9.81. The number of ether oxygens (including phenoxy) is 3. The summed E-state index contributed by atoms with van der Waals surface area (Å²) in [6.07, 6.45) is -0.490. The second-order valence-corrected chi connectivity index (χ2v) is 6.23. The molecule has 0 aliphatic heterocycles. The molecule has 12 heteroatoms. The molecule has 168 valence electrons. The highest BCUT2D eigenvalue weighted by molar-refractivity contribution is 5.78. The minimum atomic E-state index is -4.78. The predicted molar refractivity (Wildman–Crippen MR) is 105 cm³/mol. The van der Waals surface area contributed by atoms with Crippen LogP contribution in [0.5, 0.6) is 17.5 Å². The molecule has 2 aromatic heterocycles. The van der Waals surface area contributed by atoms with Crippen LogP contribution in [0, 0.1) is 5.41 Å². The fraction of sp³-hybridized carbons (Fsp3) is 0.200. The molecule has 0 radical (unpaired) electrons. The average Bonchev–Trinajstić information content (AvgIpc) is 2.77. The maximum Gasteiger partial charge on any atom is 0.573 e. The van der Waals surface area contributed by atoms with Gasteiger partial charge in [0.25, 0.3) is 0 Å². The highest BCUT2D eigenvalue weighted by atomic mass is 19.4. The zero-order chi connectivity index (χ0) is 23.1. The molecule has 3 aromatic rings. The van der Waals surface area contributed by atoms with E-state index in [0.29, 0.717) is 16.9 Å². The number of nitrogens with zero attached hydrogens (tertiary/aromatic N) is 3. The van der Waals surface area contributed by atoms with E-state index < -0.39 is 12.4 Å². The van der Waals surface area contributed by atoms with Crippen LogP contribution in [0.25, 0.3) is 11.1 Å². The lowest BCUT2D eigenvalue weighted by atomic mass is 10.1. The number of carbonyl (C=O) groups excluding carboxylic acids is 1. The maximum absolute atomic E-state index is 12.4. The summed E-state index contributed by atoms with van der Waals surface area (Å²) in [5, 5.41) is 10.5. The van der Waals surface area contributed by atoms with Gasteiger partial charge in [0.15, 0.2) is 5.75 Å². The summed E-state index contributed by atoms with van der Waals surface area (Å²) in [7, 11) is 1.49. The molecule has 0 saturated heterocycles. The van der Waals surface area contributed by atoms with Crippen LogP contribution in [0.4, 0.5) is 18.0 Å². The van der Waals surface area contributed by atoms with Crippen molar-refractivity contribution in [1.82, 2.24) is 19.9 Å². The summed E-state index contributed by atoms with van der Waals surface area (Å²) in [4.78, 5) is 20.3. The average molecular weight is 449 g/mol. The van der Waals surface area contributed by atoms with Gasteiger partial charge in [-0.1, -0.05) is 12.1 Å². The molecule has 2 heterocycles. The number of alkyl halides is 3. The van der Waals surface area contributed by atoms with Crippen LogP contribution >= 0.6 is 0 Å². The lowest BCUT2D eigenvalue weighted by molar-refractivity contribution is -0.274. The summed E-state index contributed by atoms with van der Waals surface area (Å²) in [6.45, 7) is 0.209. The number of aromatic nitrogens is 3. The first kappa shape index (κ1) is 22.6. The summed E-state index contributed by atoms with van der Waals surface area (Å²) in [5.41, 5.74) is 0.987. The van der Waals surface area contributed by atoms with Crippen molar-refractivity contribution in [2.24, 2.45) is 0 Å². The Morgan fingerprint density at radius 2 is 1.72 bits per heavy atom. The number of hydrogen-bond acceptors (Lipinski definition) is 7. The summed E-state index contributed by atoms with van der Waals surface area (Å²) >= 11 is 0. The SMILES string of the molecule is COc1cnc(OCCNC(=O)n2cc(-c3ccc(OC(F)(F)F)cc3)ccc2=N)nc1. The molecule has 0 bridgehead atoms. The molecule has 1 aromatic carbocycles. The number of halogens is 3. The second-order valence-electron chi connectivity index (χ2n) is 6.23. The van der Waals surface area contributed by atoms with E-state index in [1.807, 2.05) is 0 Å². The van der Waals surface area contributed by atoms with Gasteiger partial charge in [-0.05, 0) is 35.4 Å². The van der Waals surface area contributed by atoms with Gasteiger partial charge in [0.05, 0.1) is 26.0 Å². The molecular formula is C20H18F3N5O4. The Bertz CT molecular complexity index is 1120. The molecule has 0 fully saturated rings. The zero-order valence-electron chi connectivity index (χ0n) is 16.7. The summed E-state index contributed by atoms with van der Waals surface area (Å²) in [6, 6.07) is 7.70. The minimum Gasteiger partial charge on any atom is -0.494 e. The van der Waals surface area contributed by atoms with Crippen molar-refractivity contribution in [1.29, 1.82) is 5.41 Å². The van der Waals surface area contributed by atoms with E-state index in [1.54, 1.807) is 6.07 Å². The highest BCUT2D eigenvalue weighted by Gasteiger charge is 2.30. The zero-order valence-corrected chi connectivity index (χ0v) is 16.7. The molecule has 0 atom stereocenters. The van der Waals surface area contributed by atoms with Gasteiger partial charge >= 0.3 is 18.4 Å². The molecule has 0 aliphatic rings. The quantitative estimate of drug-likeness (QED) is 0.537. The Balaban J connectivity index is 1.60. The Morgan fingerprint density at radius 3 is 2.34 bits per heavy atom. The van der Waals surface area contributed by atoms with E-state index in [0.717, 1.165) is 4.57 Å². The number of pyridine rings is 1. The van der Waals surface area contributed by atoms with Crippen LogP contribution in [0.2, 0.25) is 0 Å². The molecule has 0 spiro atoms. The first-order chi connectivity index (χ1) is 15.2. The van der Waals surface area contributed by atoms with Crippen molar-refractivity contribution < 1.29 is 32.2 Å². The number of amides is 1. The molecular weight excluding hydrogens is 431 g/mol.